The van der Waals surface area contributed by atoms with Crippen LogP contribution in [0.15, 0.2) is 46.9 Å². The molecule has 0 aliphatic carbocycles. The summed E-state index contributed by atoms with van der Waals surface area (Å²) in [4.78, 5) is 0. The molecule has 112 valence electrons. The van der Waals surface area contributed by atoms with Crippen LogP contribution in [0.2, 0.25) is 0 Å². The minimum atomic E-state index is -0.143. The second-order valence-electron chi connectivity index (χ2n) is 5.30. The van der Waals surface area contributed by atoms with Crippen molar-refractivity contribution >= 4 is 15.9 Å². The summed E-state index contributed by atoms with van der Waals surface area (Å²) in [6, 6.07) is 13.6. The second kappa shape index (κ2) is 7.71. The first-order valence-electron chi connectivity index (χ1n) is 7.34. The summed E-state index contributed by atoms with van der Waals surface area (Å²) in [5, 5.41) is 3.54. The number of nitrogens with one attached hydrogen (secondary N) is 1. The number of benzene rings is 2. The Kier molecular flexibility index (Phi) is 5.95. The van der Waals surface area contributed by atoms with E-state index in [1.807, 2.05) is 18.2 Å². The molecule has 0 spiro atoms. The summed E-state index contributed by atoms with van der Waals surface area (Å²) in [6.07, 6.45) is 1.71. The minimum Gasteiger partial charge on any atom is -0.310 e. The van der Waals surface area contributed by atoms with Gasteiger partial charge in [0.1, 0.15) is 5.82 Å². The Hall–Kier alpha value is -1.19. The minimum absolute atomic E-state index is 0.134. The van der Waals surface area contributed by atoms with Gasteiger partial charge in [0.15, 0.2) is 0 Å². The van der Waals surface area contributed by atoms with Gasteiger partial charge in [-0.05, 0) is 61.2 Å². The standard InChI is InChI=1S/C18H21BrFN/c1-3-10-21-18(16-7-5-4-6-13(16)2)12-14-11-15(19)8-9-17(14)20/h4-9,11,18,21H,3,10,12H2,1-2H3. The van der Waals surface area contributed by atoms with E-state index in [0.717, 1.165) is 23.0 Å². The van der Waals surface area contributed by atoms with Gasteiger partial charge in [0.25, 0.3) is 0 Å². The van der Waals surface area contributed by atoms with Crippen LogP contribution in [-0.4, -0.2) is 6.54 Å². The Morgan fingerprint density at radius 2 is 1.95 bits per heavy atom. The van der Waals surface area contributed by atoms with E-state index in [2.05, 4.69) is 47.2 Å². The summed E-state index contributed by atoms with van der Waals surface area (Å²) in [5.74, 6) is -0.143. The lowest BCUT2D eigenvalue weighted by Gasteiger charge is -2.21. The zero-order valence-corrected chi connectivity index (χ0v) is 14.1. The summed E-state index contributed by atoms with van der Waals surface area (Å²) in [7, 11) is 0. The quantitative estimate of drug-likeness (QED) is 0.757. The second-order valence-corrected chi connectivity index (χ2v) is 6.22. The van der Waals surface area contributed by atoms with Gasteiger partial charge in [0.05, 0.1) is 0 Å². The van der Waals surface area contributed by atoms with E-state index in [1.165, 1.54) is 17.2 Å². The molecule has 1 atom stereocenters. The number of hydrogen-bond acceptors (Lipinski definition) is 1. The van der Waals surface area contributed by atoms with Crippen LogP contribution < -0.4 is 5.32 Å². The molecule has 0 saturated heterocycles. The molecule has 0 radical (unpaired) electrons. The zero-order valence-electron chi connectivity index (χ0n) is 12.5. The first kappa shape index (κ1) is 16.2. The van der Waals surface area contributed by atoms with Crippen molar-refractivity contribution in [3.05, 3.63) is 69.4 Å². The third kappa shape index (κ3) is 4.39. The number of halogens is 2. The topological polar surface area (TPSA) is 12.0 Å². The van der Waals surface area contributed by atoms with Crippen LogP contribution in [0.3, 0.4) is 0 Å². The summed E-state index contributed by atoms with van der Waals surface area (Å²) in [5.41, 5.74) is 3.22. The van der Waals surface area contributed by atoms with Gasteiger partial charge in [-0.3, -0.25) is 0 Å². The van der Waals surface area contributed by atoms with E-state index in [-0.39, 0.29) is 11.9 Å². The van der Waals surface area contributed by atoms with Crippen LogP contribution in [0.5, 0.6) is 0 Å². The molecular weight excluding hydrogens is 329 g/mol. The van der Waals surface area contributed by atoms with Crippen molar-refractivity contribution in [2.45, 2.75) is 32.7 Å². The molecule has 0 heterocycles. The molecule has 0 aromatic heterocycles. The molecule has 1 nitrogen and oxygen atoms in total. The van der Waals surface area contributed by atoms with Gasteiger partial charge in [-0.1, -0.05) is 47.1 Å². The highest BCUT2D eigenvalue weighted by Crippen LogP contribution is 2.25. The molecule has 2 aromatic carbocycles. The first-order chi connectivity index (χ1) is 10.1. The van der Waals surface area contributed by atoms with Crippen LogP contribution in [0, 0.1) is 12.7 Å². The maximum Gasteiger partial charge on any atom is 0.126 e. The third-order valence-corrected chi connectivity index (χ3v) is 4.13. The maximum atomic E-state index is 14.0. The lowest BCUT2D eigenvalue weighted by molar-refractivity contribution is 0.511. The number of rotatable bonds is 6. The van der Waals surface area contributed by atoms with Gasteiger partial charge in [-0.25, -0.2) is 4.39 Å². The van der Waals surface area contributed by atoms with Crippen LogP contribution in [0.25, 0.3) is 0 Å². The largest absolute Gasteiger partial charge is 0.310 e. The Bertz CT molecular complexity index is 598. The molecule has 2 aromatic rings. The van der Waals surface area contributed by atoms with Crippen molar-refractivity contribution in [2.75, 3.05) is 6.54 Å². The SMILES string of the molecule is CCCNC(Cc1cc(Br)ccc1F)c1ccccc1C. The highest BCUT2D eigenvalue weighted by atomic mass is 79.9. The average molecular weight is 350 g/mol. The van der Waals surface area contributed by atoms with E-state index in [9.17, 15) is 4.39 Å². The maximum absolute atomic E-state index is 14.0. The molecule has 0 saturated carbocycles. The van der Waals surface area contributed by atoms with Gasteiger partial charge in [-0.2, -0.15) is 0 Å². The Labute approximate surface area is 134 Å². The van der Waals surface area contributed by atoms with Gasteiger partial charge in [0, 0.05) is 10.5 Å². The molecule has 1 unspecified atom stereocenters. The summed E-state index contributed by atoms with van der Waals surface area (Å²) < 4.78 is 14.9. The average Bonchev–Trinajstić information content (AvgIpc) is 2.48. The first-order valence-corrected chi connectivity index (χ1v) is 8.14. The van der Waals surface area contributed by atoms with Crippen molar-refractivity contribution in [3.8, 4) is 0 Å². The van der Waals surface area contributed by atoms with E-state index >= 15 is 0 Å². The highest BCUT2D eigenvalue weighted by molar-refractivity contribution is 9.10. The van der Waals surface area contributed by atoms with E-state index < -0.39 is 0 Å². The lowest BCUT2D eigenvalue weighted by Crippen LogP contribution is -2.25. The number of aryl methyl sites for hydroxylation is 1. The van der Waals surface area contributed by atoms with Gasteiger partial charge >= 0.3 is 0 Å². The molecule has 0 fully saturated rings. The molecule has 0 aliphatic rings. The van der Waals surface area contributed by atoms with Gasteiger partial charge in [-0.15, -0.1) is 0 Å². The van der Waals surface area contributed by atoms with Crippen LogP contribution >= 0.6 is 15.9 Å². The molecule has 1 N–H and O–H groups in total. The fourth-order valence-electron chi connectivity index (χ4n) is 2.51. The lowest BCUT2D eigenvalue weighted by atomic mass is 9.95. The Balaban J connectivity index is 2.28. The number of hydrogen-bond donors (Lipinski definition) is 1. The predicted octanol–water partition coefficient (Wildman–Crippen LogP) is 5.18. The third-order valence-electron chi connectivity index (χ3n) is 3.64. The van der Waals surface area contributed by atoms with Crippen molar-refractivity contribution in [2.24, 2.45) is 0 Å². The van der Waals surface area contributed by atoms with Crippen LogP contribution in [-0.2, 0) is 6.42 Å². The normalized spacial score (nSPS) is 12.4. The molecule has 0 amide bonds. The molecule has 0 bridgehead atoms. The predicted molar refractivity (Wildman–Crippen MR) is 90.0 cm³/mol. The van der Waals surface area contributed by atoms with Crippen molar-refractivity contribution in [1.29, 1.82) is 0 Å². The van der Waals surface area contributed by atoms with Crippen molar-refractivity contribution in [3.63, 3.8) is 0 Å². The van der Waals surface area contributed by atoms with Crippen LogP contribution in [0.1, 0.15) is 36.1 Å². The van der Waals surface area contributed by atoms with Crippen molar-refractivity contribution < 1.29 is 4.39 Å². The Morgan fingerprint density at radius 1 is 1.19 bits per heavy atom. The van der Waals surface area contributed by atoms with Crippen molar-refractivity contribution in [1.82, 2.24) is 5.32 Å². The molecule has 21 heavy (non-hydrogen) atoms. The van der Waals surface area contributed by atoms with E-state index in [0.29, 0.717) is 6.42 Å². The van der Waals surface area contributed by atoms with E-state index in [4.69, 9.17) is 0 Å². The fraction of sp³-hybridized carbons (Fsp3) is 0.333. The highest BCUT2D eigenvalue weighted by Gasteiger charge is 2.15. The van der Waals surface area contributed by atoms with Gasteiger partial charge < -0.3 is 5.32 Å². The fourth-order valence-corrected chi connectivity index (χ4v) is 2.92. The van der Waals surface area contributed by atoms with Crippen LogP contribution in [0.4, 0.5) is 4.39 Å². The van der Waals surface area contributed by atoms with E-state index in [1.54, 1.807) is 6.07 Å². The zero-order chi connectivity index (χ0) is 15.2. The molecule has 0 aliphatic heterocycles. The monoisotopic (exact) mass is 349 g/mol. The molecule has 3 heteroatoms. The Morgan fingerprint density at radius 3 is 2.67 bits per heavy atom. The summed E-state index contributed by atoms with van der Waals surface area (Å²) in [6.45, 7) is 5.17. The smallest absolute Gasteiger partial charge is 0.126 e. The molecular formula is C18H21BrFN. The molecule has 2 rings (SSSR count). The van der Waals surface area contributed by atoms with Gasteiger partial charge in [0.2, 0.25) is 0 Å². The summed E-state index contributed by atoms with van der Waals surface area (Å²) >= 11 is 3.42.